The second-order valence-electron chi connectivity index (χ2n) is 6.08. The summed E-state index contributed by atoms with van der Waals surface area (Å²) < 4.78 is 40.1. The predicted molar refractivity (Wildman–Crippen MR) is 98.0 cm³/mol. The fourth-order valence-corrected chi connectivity index (χ4v) is 4.74. The number of nitrogens with one attached hydrogen (secondary N) is 1. The first-order chi connectivity index (χ1) is 12.4. The molecule has 2 aromatic rings. The van der Waals surface area contributed by atoms with Gasteiger partial charge in [-0.2, -0.15) is 4.31 Å². The number of amides is 1. The molecule has 1 atom stereocenters. The van der Waals surface area contributed by atoms with E-state index in [9.17, 15) is 17.6 Å². The molecule has 1 unspecified atom stereocenters. The van der Waals surface area contributed by atoms with Crippen LogP contribution in [0.3, 0.4) is 0 Å². The normalized spacial score (nSPS) is 18.5. The van der Waals surface area contributed by atoms with Gasteiger partial charge in [0.2, 0.25) is 15.9 Å². The van der Waals surface area contributed by atoms with Crippen LogP contribution < -0.4 is 5.32 Å². The van der Waals surface area contributed by atoms with Crippen LogP contribution in [0, 0.1) is 5.82 Å². The molecule has 0 spiro atoms. The highest BCUT2D eigenvalue weighted by Crippen LogP contribution is 2.26. The fraction of sp³-hybridized carbons (Fsp3) is 0.278. The van der Waals surface area contributed by atoms with E-state index in [1.807, 2.05) is 0 Å². The summed E-state index contributed by atoms with van der Waals surface area (Å²) >= 11 is 5.83. The zero-order valence-electron chi connectivity index (χ0n) is 13.9. The van der Waals surface area contributed by atoms with Gasteiger partial charge in [-0.1, -0.05) is 18.0 Å². The minimum Gasteiger partial charge on any atom is -0.325 e. The summed E-state index contributed by atoms with van der Waals surface area (Å²) in [5, 5.41) is 3.28. The van der Waals surface area contributed by atoms with Crippen LogP contribution in [-0.2, 0) is 14.8 Å². The van der Waals surface area contributed by atoms with Crippen LogP contribution in [0.15, 0.2) is 53.4 Å². The molecular weight excluding hydrogens is 379 g/mol. The third-order valence-electron chi connectivity index (χ3n) is 4.29. The van der Waals surface area contributed by atoms with Crippen LogP contribution in [0.25, 0.3) is 0 Å². The maximum Gasteiger partial charge on any atom is 0.243 e. The maximum absolute atomic E-state index is 13.1. The Balaban J connectivity index is 1.83. The molecule has 1 aliphatic heterocycles. The fourth-order valence-electron chi connectivity index (χ4n) is 2.96. The third kappa shape index (κ3) is 4.06. The first-order valence-corrected chi connectivity index (χ1v) is 10.0. The molecule has 0 saturated carbocycles. The molecule has 1 fully saturated rings. The lowest BCUT2D eigenvalue weighted by Gasteiger charge is -2.33. The highest BCUT2D eigenvalue weighted by Gasteiger charge is 2.37. The number of carbonyl (C=O) groups is 1. The van der Waals surface area contributed by atoms with E-state index >= 15 is 0 Å². The summed E-state index contributed by atoms with van der Waals surface area (Å²) in [6.45, 7) is 0.248. The average Bonchev–Trinajstić information content (AvgIpc) is 2.64. The average molecular weight is 397 g/mol. The smallest absolute Gasteiger partial charge is 0.243 e. The molecule has 0 aliphatic carbocycles. The number of rotatable bonds is 4. The number of halogens is 2. The zero-order valence-corrected chi connectivity index (χ0v) is 15.4. The van der Waals surface area contributed by atoms with Crippen LogP contribution in [0.2, 0.25) is 5.02 Å². The van der Waals surface area contributed by atoms with Crippen molar-refractivity contribution in [3.8, 4) is 0 Å². The van der Waals surface area contributed by atoms with E-state index in [1.54, 1.807) is 24.3 Å². The van der Waals surface area contributed by atoms with Gasteiger partial charge in [0.15, 0.2) is 0 Å². The van der Waals surface area contributed by atoms with Gasteiger partial charge in [-0.3, -0.25) is 4.79 Å². The number of hydrogen-bond acceptors (Lipinski definition) is 3. The Labute approximate surface area is 156 Å². The lowest BCUT2D eigenvalue weighted by molar-refractivity contribution is -0.120. The van der Waals surface area contributed by atoms with E-state index in [4.69, 9.17) is 11.6 Å². The van der Waals surface area contributed by atoms with Crippen molar-refractivity contribution in [1.82, 2.24) is 4.31 Å². The second-order valence-corrected chi connectivity index (χ2v) is 8.40. The standard InChI is InChI=1S/C18H18ClFN2O3S/c19-13-4-8-15(9-5-13)21-18(23)17-3-1-2-12-22(17)26(24,25)16-10-6-14(20)7-11-16/h4-11,17H,1-3,12H2,(H,21,23). The lowest BCUT2D eigenvalue weighted by atomic mass is 10.0. The van der Waals surface area contributed by atoms with Crippen molar-refractivity contribution in [2.75, 3.05) is 11.9 Å². The molecule has 5 nitrogen and oxygen atoms in total. The number of sulfonamides is 1. The summed E-state index contributed by atoms with van der Waals surface area (Å²) in [4.78, 5) is 12.7. The van der Waals surface area contributed by atoms with Gasteiger partial charge in [0.05, 0.1) is 4.90 Å². The number of nitrogens with zero attached hydrogens (tertiary/aromatic N) is 1. The number of anilines is 1. The Bertz CT molecular complexity index is 886. The van der Waals surface area contributed by atoms with Crippen molar-refractivity contribution in [2.45, 2.75) is 30.2 Å². The van der Waals surface area contributed by atoms with E-state index in [0.29, 0.717) is 23.6 Å². The molecule has 2 aromatic carbocycles. The largest absolute Gasteiger partial charge is 0.325 e. The summed E-state index contributed by atoms with van der Waals surface area (Å²) in [5.41, 5.74) is 0.545. The van der Waals surface area contributed by atoms with E-state index in [2.05, 4.69) is 5.32 Å². The van der Waals surface area contributed by atoms with Crippen molar-refractivity contribution in [1.29, 1.82) is 0 Å². The number of benzene rings is 2. The summed E-state index contributed by atoms with van der Waals surface area (Å²) in [7, 11) is -3.89. The van der Waals surface area contributed by atoms with E-state index in [0.717, 1.165) is 18.6 Å². The Kier molecular flexibility index (Phi) is 5.60. The Morgan fingerprint density at radius 1 is 1.08 bits per heavy atom. The van der Waals surface area contributed by atoms with Gasteiger partial charge in [-0.25, -0.2) is 12.8 Å². The molecule has 8 heteroatoms. The molecule has 26 heavy (non-hydrogen) atoms. The van der Waals surface area contributed by atoms with Gasteiger partial charge < -0.3 is 5.32 Å². The summed E-state index contributed by atoms with van der Waals surface area (Å²) in [6, 6.07) is 10.4. The first kappa shape index (κ1) is 18.8. The minimum absolute atomic E-state index is 0.0231. The van der Waals surface area contributed by atoms with E-state index in [-0.39, 0.29) is 11.4 Å². The maximum atomic E-state index is 13.1. The topological polar surface area (TPSA) is 66.5 Å². The molecule has 0 bridgehead atoms. The minimum atomic E-state index is -3.89. The Hall–Kier alpha value is -1.96. The van der Waals surface area contributed by atoms with E-state index < -0.39 is 27.8 Å². The molecule has 1 heterocycles. The predicted octanol–water partition coefficient (Wildman–Crippen LogP) is 3.66. The van der Waals surface area contributed by atoms with Gasteiger partial charge in [0.25, 0.3) is 0 Å². The SMILES string of the molecule is O=C(Nc1ccc(Cl)cc1)C1CCCCN1S(=O)(=O)c1ccc(F)cc1. The van der Waals surface area contributed by atoms with Gasteiger partial charge in [0.1, 0.15) is 11.9 Å². The van der Waals surface area contributed by atoms with Crippen molar-refractivity contribution in [3.63, 3.8) is 0 Å². The van der Waals surface area contributed by atoms with Crippen molar-refractivity contribution in [2.24, 2.45) is 0 Å². The molecule has 0 radical (unpaired) electrons. The van der Waals surface area contributed by atoms with Crippen molar-refractivity contribution in [3.05, 3.63) is 59.4 Å². The Morgan fingerprint density at radius 3 is 2.38 bits per heavy atom. The highest BCUT2D eigenvalue weighted by molar-refractivity contribution is 7.89. The van der Waals surface area contributed by atoms with E-state index in [1.165, 1.54) is 16.4 Å². The van der Waals surface area contributed by atoms with Crippen LogP contribution in [0.4, 0.5) is 10.1 Å². The number of hydrogen-bond donors (Lipinski definition) is 1. The van der Waals surface area contributed by atoms with Crippen LogP contribution in [0.5, 0.6) is 0 Å². The van der Waals surface area contributed by atoms with Gasteiger partial charge in [-0.15, -0.1) is 0 Å². The molecule has 1 saturated heterocycles. The molecule has 1 N–H and O–H groups in total. The molecule has 138 valence electrons. The number of piperidine rings is 1. The lowest BCUT2D eigenvalue weighted by Crippen LogP contribution is -2.49. The molecule has 1 aliphatic rings. The molecule has 0 aromatic heterocycles. The second kappa shape index (κ2) is 7.73. The summed E-state index contributed by atoms with van der Waals surface area (Å²) in [6.07, 6.45) is 1.86. The summed E-state index contributed by atoms with van der Waals surface area (Å²) in [5.74, 6) is -0.905. The molecule has 3 rings (SSSR count). The van der Waals surface area contributed by atoms with Crippen molar-refractivity contribution >= 4 is 33.2 Å². The monoisotopic (exact) mass is 396 g/mol. The van der Waals surface area contributed by atoms with Gasteiger partial charge in [-0.05, 0) is 61.4 Å². The van der Waals surface area contributed by atoms with Crippen LogP contribution in [-0.4, -0.2) is 31.2 Å². The van der Waals surface area contributed by atoms with Gasteiger partial charge >= 0.3 is 0 Å². The number of carbonyl (C=O) groups excluding carboxylic acids is 1. The molecular formula is C18H18ClFN2O3S. The Morgan fingerprint density at radius 2 is 1.73 bits per heavy atom. The van der Waals surface area contributed by atoms with Crippen LogP contribution in [0.1, 0.15) is 19.3 Å². The van der Waals surface area contributed by atoms with Crippen molar-refractivity contribution < 1.29 is 17.6 Å². The molecule has 1 amide bonds. The highest BCUT2D eigenvalue weighted by atomic mass is 35.5. The quantitative estimate of drug-likeness (QED) is 0.857. The first-order valence-electron chi connectivity index (χ1n) is 8.22. The zero-order chi connectivity index (χ0) is 18.7. The van der Waals surface area contributed by atoms with Gasteiger partial charge in [0, 0.05) is 17.3 Å². The third-order valence-corrected chi connectivity index (χ3v) is 6.46. The van der Waals surface area contributed by atoms with Crippen LogP contribution >= 0.6 is 11.6 Å².